The lowest BCUT2D eigenvalue weighted by atomic mass is 10.3. The number of aromatic nitrogens is 2. The Morgan fingerprint density at radius 2 is 2.31 bits per heavy atom. The number of carbonyl (C=O) groups is 1. The van der Waals surface area contributed by atoms with Crippen molar-refractivity contribution in [3.8, 4) is 11.8 Å². The van der Waals surface area contributed by atoms with E-state index in [0.29, 0.717) is 0 Å². The average molecular weight is 222 g/mol. The van der Waals surface area contributed by atoms with E-state index in [1.54, 1.807) is 6.92 Å². The molecule has 0 radical (unpaired) electrons. The van der Waals surface area contributed by atoms with Crippen molar-refractivity contribution in [1.82, 2.24) is 9.38 Å². The second-order valence-electron chi connectivity index (χ2n) is 3.12. The Bertz CT molecular complexity index is 547. The molecule has 2 rings (SSSR count). The molecule has 0 spiro atoms. The van der Waals surface area contributed by atoms with Crippen LogP contribution in [0.5, 0.6) is 11.8 Å². The number of rotatable bonds is 2. The lowest BCUT2D eigenvalue weighted by Crippen LogP contribution is -2.04. The zero-order chi connectivity index (χ0) is 11.7. The minimum Gasteiger partial charge on any atom is -0.494 e. The van der Waals surface area contributed by atoms with Gasteiger partial charge in [-0.2, -0.15) is 4.98 Å². The summed E-state index contributed by atoms with van der Waals surface area (Å²) in [4.78, 5) is 15.3. The maximum atomic E-state index is 11.5. The van der Waals surface area contributed by atoms with E-state index in [-0.39, 0.29) is 29.6 Å². The molecule has 6 heteroatoms. The molecule has 2 N–H and O–H groups in total. The van der Waals surface area contributed by atoms with Gasteiger partial charge in [-0.1, -0.05) is 0 Å². The van der Waals surface area contributed by atoms with Crippen LogP contribution in [0.25, 0.3) is 5.65 Å². The van der Waals surface area contributed by atoms with Gasteiger partial charge in [0.15, 0.2) is 5.65 Å². The highest BCUT2D eigenvalue weighted by atomic mass is 16.5. The van der Waals surface area contributed by atoms with E-state index in [1.807, 2.05) is 0 Å². The Hall–Kier alpha value is -2.24. The lowest BCUT2D eigenvalue weighted by molar-refractivity contribution is 0.0528. The molecule has 0 bridgehead atoms. The van der Waals surface area contributed by atoms with E-state index >= 15 is 0 Å². The topological polar surface area (TPSA) is 84.1 Å². The van der Waals surface area contributed by atoms with Crippen molar-refractivity contribution >= 4 is 11.6 Å². The van der Waals surface area contributed by atoms with Gasteiger partial charge >= 0.3 is 5.97 Å². The van der Waals surface area contributed by atoms with Crippen LogP contribution in [0.15, 0.2) is 18.3 Å². The molecule has 84 valence electrons. The molecule has 0 unspecified atom stereocenters. The summed E-state index contributed by atoms with van der Waals surface area (Å²) in [5.41, 5.74) is 0.365. The van der Waals surface area contributed by atoms with Gasteiger partial charge in [0.1, 0.15) is 5.56 Å². The number of nitrogens with zero attached hydrogens (tertiary/aromatic N) is 2. The first kappa shape index (κ1) is 10.3. The van der Waals surface area contributed by atoms with Gasteiger partial charge in [0.05, 0.1) is 12.7 Å². The van der Waals surface area contributed by atoms with Crippen LogP contribution in [0.2, 0.25) is 0 Å². The van der Waals surface area contributed by atoms with Gasteiger partial charge in [-0.25, -0.2) is 4.79 Å². The van der Waals surface area contributed by atoms with Crippen LogP contribution in [0.3, 0.4) is 0 Å². The summed E-state index contributed by atoms with van der Waals surface area (Å²) in [5.74, 6) is -1.09. The van der Waals surface area contributed by atoms with E-state index in [4.69, 9.17) is 4.74 Å². The highest BCUT2D eigenvalue weighted by Crippen LogP contribution is 2.21. The summed E-state index contributed by atoms with van der Waals surface area (Å²) in [6.07, 6.45) is 1.48. The quantitative estimate of drug-likeness (QED) is 0.738. The monoisotopic (exact) mass is 222 g/mol. The summed E-state index contributed by atoms with van der Waals surface area (Å²) in [6.45, 7) is 1.94. The Balaban J connectivity index is 2.60. The zero-order valence-electron chi connectivity index (χ0n) is 8.54. The zero-order valence-corrected chi connectivity index (χ0v) is 8.54. The van der Waals surface area contributed by atoms with Crippen LogP contribution < -0.4 is 0 Å². The third kappa shape index (κ3) is 1.54. The molecule has 2 heterocycles. The molecular weight excluding hydrogens is 212 g/mol. The molecule has 0 saturated heterocycles. The van der Waals surface area contributed by atoms with Gasteiger partial charge in [0.2, 0.25) is 11.8 Å². The fourth-order valence-corrected chi connectivity index (χ4v) is 1.42. The molecule has 0 atom stereocenters. The van der Waals surface area contributed by atoms with Gasteiger partial charge in [0, 0.05) is 6.20 Å². The SMILES string of the molecule is CCOC(=O)c1ccn2c(O)cc(O)nc12. The molecule has 6 nitrogen and oxygen atoms in total. The number of fused-ring (bicyclic) bond motifs is 1. The van der Waals surface area contributed by atoms with Crippen molar-refractivity contribution in [2.24, 2.45) is 0 Å². The summed E-state index contributed by atoms with van der Waals surface area (Å²) in [7, 11) is 0. The van der Waals surface area contributed by atoms with E-state index in [2.05, 4.69) is 4.98 Å². The minimum absolute atomic E-state index is 0.163. The van der Waals surface area contributed by atoms with Gasteiger partial charge < -0.3 is 14.9 Å². The second-order valence-corrected chi connectivity index (χ2v) is 3.12. The number of hydrogen-bond donors (Lipinski definition) is 2. The molecular formula is C10H10N2O4. The first-order chi connectivity index (χ1) is 7.63. The predicted octanol–water partition coefficient (Wildman–Crippen LogP) is 0.922. The smallest absolute Gasteiger partial charge is 0.341 e. The Labute approximate surface area is 90.7 Å². The van der Waals surface area contributed by atoms with Crippen molar-refractivity contribution in [2.75, 3.05) is 6.61 Å². The van der Waals surface area contributed by atoms with Gasteiger partial charge in [0.25, 0.3) is 0 Å². The third-order valence-electron chi connectivity index (χ3n) is 2.08. The molecule has 0 aliphatic carbocycles. The van der Waals surface area contributed by atoms with Crippen LogP contribution in [0, 0.1) is 0 Å². The first-order valence-electron chi connectivity index (χ1n) is 4.70. The fraction of sp³-hybridized carbons (Fsp3) is 0.200. The molecule has 16 heavy (non-hydrogen) atoms. The van der Waals surface area contributed by atoms with Gasteiger partial charge in [-0.3, -0.25) is 4.40 Å². The van der Waals surface area contributed by atoms with Crippen molar-refractivity contribution in [3.05, 3.63) is 23.9 Å². The molecule has 2 aromatic heterocycles. The summed E-state index contributed by atoms with van der Waals surface area (Å²) in [6, 6.07) is 2.56. The summed E-state index contributed by atoms with van der Waals surface area (Å²) >= 11 is 0. The molecule has 2 aromatic rings. The first-order valence-corrected chi connectivity index (χ1v) is 4.70. The Morgan fingerprint density at radius 3 is 3.00 bits per heavy atom. The molecule has 0 amide bonds. The predicted molar refractivity (Wildman–Crippen MR) is 54.5 cm³/mol. The van der Waals surface area contributed by atoms with Crippen molar-refractivity contribution in [3.63, 3.8) is 0 Å². The number of aromatic hydroxyl groups is 2. The van der Waals surface area contributed by atoms with Crippen molar-refractivity contribution in [2.45, 2.75) is 6.92 Å². The Morgan fingerprint density at radius 1 is 1.56 bits per heavy atom. The minimum atomic E-state index is -0.539. The molecule has 0 aliphatic heterocycles. The average Bonchev–Trinajstić information content (AvgIpc) is 2.61. The lowest BCUT2D eigenvalue weighted by Gasteiger charge is -2.02. The highest BCUT2D eigenvalue weighted by molar-refractivity contribution is 5.96. The number of esters is 1. The summed E-state index contributed by atoms with van der Waals surface area (Å²) in [5, 5.41) is 18.7. The molecule has 0 aromatic carbocycles. The fourth-order valence-electron chi connectivity index (χ4n) is 1.42. The van der Waals surface area contributed by atoms with Crippen molar-refractivity contribution < 1.29 is 19.7 Å². The maximum absolute atomic E-state index is 11.5. The maximum Gasteiger partial charge on any atom is 0.341 e. The van der Waals surface area contributed by atoms with E-state index < -0.39 is 5.97 Å². The highest BCUT2D eigenvalue weighted by Gasteiger charge is 2.16. The molecule has 0 aliphatic rings. The van der Waals surface area contributed by atoms with E-state index in [9.17, 15) is 15.0 Å². The van der Waals surface area contributed by atoms with E-state index in [1.165, 1.54) is 16.7 Å². The van der Waals surface area contributed by atoms with Crippen LogP contribution in [0.4, 0.5) is 0 Å². The number of carbonyl (C=O) groups excluding carboxylic acids is 1. The Kier molecular flexibility index (Phi) is 2.40. The van der Waals surface area contributed by atoms with E-state index in [0.717, 1.165) is 6.07 Å². The van der Waals surface area contributed by atoms with Crippen LogP contribution in [-0.4, -0.2) is 32.2 Å². The largest absolute Gasteiger partial charge is 0.494 e. The summed E-state index contributed by atoms with van der Waals surface area (Å²) < 4.78 is 6.10. The number of hydrogen-bond acceptors (Lipinski definition) is 5. The van der Waals surface area contributed by atoms with Crippen LogP contribution in [-0.2, 0) is 4.74 Å². The molecule has 0 saturated carbocycles. The van der Waals surface area contributed by atoms with Crippen LogP contribution in [0.1, 0.15) is 17.3 Å². The van der Waals surface area contributed by atoms with Gasteiger partial charge in [-0.05, 0) is 13.0 Å². The van der Waals surface area contributed by atoms with Crippen LogP contribution >= 0.6 is 0 Å². The third-order valence-corrected chi connectivity index (χ3v) is 2.08. The second kappa shape index (κ2) is 3.73. The normalized spacial score (nSPS) is 10.6. The molecule has 0 fully saturated rings. The standard InChI is InChI=1S/C10H10N2O4/c1-2-16-10(15)6-3-4-12-8(14)5-7(13)11-9(6)12/h3-5,14H,2H2,1H3,(H,11,13). The van der Waals surface area contributed by atoms with Crippen molar-refractivity contribution in [1.29, 1.82) is 0 Å². The van der Waals surface area contributed by atoms with Gasteiger partial charge in [-0.15, -0.1) is 0 Å². The number of ether oxygens (including phenoxy) is 1.